The monoisotopic (exact) mass is 558 g/mol. The maximum absolute atomic E-state index is 13.1. The molecule has 1 saturated heterocycles. The number of nitrogens with zero attached hydrogens (tertiary/aromatic N) is 6. The largest absolute Gasteiger partial charge is 0.491 e. The van der Waals surface area contributed by atoms with Gasteiger partial charge >= 0.3 is 11.8 Å². The van der Waals surface area contributed by atoms with Gasteiger partial charge in [0, 0.05) is 25.7 Å². The van der Waals surface area contributed by atoms with Gasteiger partial charge in [0.15, 0.2) is 11.5 Å². The first-order valence-electron chi connectivity index (χ1n) is 12.4. The van der Waals surface area contributed by atoms with Gasteiger partial charge in [-0.1, -0.05) is 11.6 Å². The molecule has 1 aliphatic heterocycles. The molecular weight excluding hydrogens is 528 g/mol. The van der Waals surface area contributed by atoms with E-state index in [0.717, 1.165) is 4.57 Å². The van der Waals surface area contributed by atoms with E-state index in [-0.39, 0.29) is 46.0 Å². The summed E-state index contributed by atoms with van der Waals surface area (Å²) in [5, 5.41) is 17.3. The molecule has 1 amide bonds. The zero-order chi connectivity index (χ0) is 28.7. The Bertz CT molecular complexity index is 1570. The van der Waals surface area contributed by atoms with Gasteiger partial charge in [-0.3, -0.25) is 9.78 Å². The smallest absolute Gasteiger partial charge is 0.410 e. The first kappa shape index (κ1) is 28.1. The molecule has 0 bridgehead atoms. The summed E-state index contributed by atoms with van der Waals surface area (Å²) >= 11 is 6.32. The summed E-state index contributed by atoms with van der Waals surface area (Å²) in [5.74, 6) is 0.232. The van der Waals surface area contributed by atoms with Crippen LogP contribution in [0.2, 0.25) is 5.15 Å². The number of carbonyl (C=O) groups is 1. The summed E-state index contributed by atoms with van der Waals surface area (Å²) in [5.41, 5.74) is -2.74. The van der Waals surface area contributed by atoms with Gasteiger partial charge in [0.25, 0.3) is 5.56 Å². The third-order valence-electron chi connectivity index (χ3n) is 5.85. The molecular formula is C25H31ClN8O5. The van der Waals surface area contributed by atoms with Crippen molar-refractivity contribution >= 4 is 28.7 Å². The van der Waals surface area contributed by atoms with Crippen LogP contribution in [0.3, 0.4) is 0 Å². The summed E-state index contributed by atoms with van der Waals surface area (Å²) in [6.07, 6.45) is 0.924. The molecule has 4 rings (SSSR count). The third kappa shape index (κ3) is 5.91. The van der Waals surface area contributed by atoms with E-state index >= 15 is 0 Å². The van der Waals surface area contributed by atoms with Crippen molar-refractivity contribution in [2.75, 3.05) is 26.2 Å². The SMILES string of the molecule is CC(C)(C)OC(=O)N1CCN[C@@H](COc2cc(Cl)nc3c2c(=O)[nH]c(=O)n3-c2c(C#N)cnn2C(C)(C)C)C1. The summed E-state index contributed by atoms with van der Waals surface area (Å²) in [6, 6.07) is 3.15. The lowest BCUT2D eigenvalue weighted by atomic mass is 10.1. The van der Waals surface area contributed by atoms with Gasteiger partial charge in [0.2, 0.25) is 0 Å². The molecule has 0 unspecified atom stereocenters. The molecule has 39 heavy (non-hydrogen) atoms. The van der Waals surface area contributed by atoms with Crippen molar-refractivity contribution in [1.29, 1.82) is 5.26 Å². The fourth-order valence-corrected chi connectivity index (χ4v) is 4.40. The molecule has 1 aliphatic rings. The molecule has 0 aliphatic carbocycles. The van der Waals surface area contributed by atoms with Crippen molar-refractivity contribution in [3.63, 3.8) is 0 Å². The fraction of sp³-hybridized carbons (Fsp3) is 0.520. The Kier molecular flexibility index (Phi) is 7.46. The molecule has 208 valence electrons. The second-order valence-corrected chi connectivity index (χ2v) is 11.6. The van der Waals surface area contributed by atoms with Gasteiger partial charge < -0.3 is 19.7 Å². The Morgan fingerprint density at radius 3 is 2.62 bits per heavy atom. The second-order valence-electron chi connectivity index (χ2n) is 11.2. The number of aromatic nitrogens is 5. The lowest BCUT2D eigenvalue weighted by Gasteiger charge is -2.34. The van der Waals surface area contributed by atoms with Gasteiger partial charge in [-0.05, 0) is 41.5 Å². The number of aromatic amines is 1. The van der Waals surface area contributed by atoms with Crippen LogP contribution in [0.15, 0.2) is 21.9 Å². The van der Waals surface area contributed by atoms with E-state index in [1.54, 1.807) is 25.7 Å². The van der Waals surface area contributed by atoms with Crippen LogP contribution >= 0.6 is 11.6 Å². The maximum atomic E-state index is 13.1. The van der Waals surface area contributed by atoms with Crippen LogP contribution in [0, 0.1) is 11.3 Å². The minimum atomic E-state index is -0.808. The van der Waals surface area contributed by atoms with Crippen molar-refractivity contribution in [2.45, 2.75) is 58.7 Å². The quantitative estimate of drug-likeness (QED) is 0.457. The van der Waals surface area contributed by atoms with Gasteiger partial charge in [-0.25, -0.2) is 23.8 Å². The highest BCUT2D eigenvalue weighted by atomic mass is 35.5. The van der Waals surface area contributed by atoms with Crippen molar-refractivity contribution in [3.05, 3.63) is 43.8 Å². The minimum absolute atomic E-state index is 0.0237. The number of H-pyrrole nitrogens is 1. The molecule has 0 radical (unpaired) electrons. The number of ether oxygens (including phenoxy) is 2. The number of halogens is 1. The second kappa shape index (κ2) is 10.3. The fourth-order valence-electron chi connectivity index (χ4n) is 4.22. The number of pyridine rings is 1. The Morgan fingerprint density at radius 1 is 1.26 bits per heavy atom. The third-order valence-corrected chi connectivity index (χ3v) is 6.05. The van der Waals surface area contributed by atoms with Crippen LogP contribution in [-0.4, -0.2) is 73.2 Å². The average Bonchev–Trinajstić information content (AvgIpc) is 3.25. The first-order chi connectivity index (χ1) is 18.2. The molecule has 3 aromatic rings. The zero-order valence-electron chi connectivity index (χ0n) is 22.7. The molecule has 4 heterocycles. The van der Waals surface area contributed by atoms with Crippen LogP contribution in [0.5, 0.6) is 5.75 Å². The maximum Gasteiger partial charge on any atom is 0.410 e. The van der Waals surface area contributed by atoms with Crippen molar-refractivity contribution in [1.82, 2.24) is 34.5 Å². The van der Waals surface area contributed by atoms with Gasteiger partial charge in [0.05, 0.1) is 17.8 Å². The lowest BCUT2D eigenvalue weighted by Crippen LogP contribution is -2.55. The van der Waals surface area contributed by atoms with E-state index in [1.165, 1.54) is 16.9 Å². The number of amides is 1. The number of nitrogens with one attached hydrogen (secondary N) is 2. The molecule has 1 fully saturated rings. The Hall–Kier alpha value is -3.89. The van der Waals surface area contributed by atoms with E-state index in [9.17, 15) is 19.6 Å². The number of fused-ring (bicyclic) bond motifs is 1. The summed E-state index contributed by atoms with van der Waals surface area (Å²) in [4.78, 5) is 46.8. The highest BCUT2D eigenvalue weighted by molar-refractivity contribution is 6.30. The number of hydrogen-bond donors (Lipinski definition) is 2. The van der Waals surface area contributed by atoms with E-state index in [1.807, 2.05) is 26.8 Å². The topological polar surface area (TPSA) is 160 Å². The molecule has 13 nitrogen and oxygen atoms in total. The summed E-state index contributed by atoms with van der Waals surface area (Å²) in [6.45, 7) is 12.4. The van der Waals surface area contributed by atoms with Crippen molar-refractivity contribution in [3.8, 4) is 17.6 Å². The van der Waals surface area contributed by atoms with E-state index in [2.05, 4.69) is 20.4 Å². The van der Waals surface area contributed by atoms with Crippen LogP contribution in [-0.2, 0) is 10.3 Å². The van der Waals surface area contributed by atoms with Gasteiger partial charge in [-0.2, -0.15) is 10.4 Å². The molecule has 0 saturated carbocycles. The number of rotatable bonds is 4. The van der Waals surface area contributed by atoms with Gasteiger partial charge in [0.1, 0.15) is 40.1 Å². The Morgan fingerprint density at radius 2 is 1.97 bits per heavy atom. The number of carbonyl (C=O) groups excluding carboxylic acids is 1. The highest BCUT2D eigenvalue weighted by Gasteiger charge is 2.29. The first-order valence-corrected chi connectivity index (χ1v) is 12.8. The van der Waals surface area contributed by atoms with Crippen LogP contribution in [0.25, 0.3) is 16.9 Å². The predicted octanol–water partition coefficient (Wildman–Crippen LogP) is 2.14. The summed E-state index contributed by atoms with van der Waals surface area (Å²) < 4.78 is 14.1. The Labute approximate surface area is 229 Å². The number of hydrogen-bond acceptors (Lipinski definition) is 9. The molecule has 2 N–H and O–H groups in total. The van der Waals surface area contributed by atoms with E-state index in [0.29, 0.717) is 19.6 Å². The standard InChI is InChI=1S/C25H31ClN8O5/c1-24(2,3)34-21(14(10-27)11-29-34)33-19-18(20(35)31-22(33)36)16(9-17(26)30-19)38-13-15-12-32(8-7-28-15)23(37)39-25(4,5)6/h9,11,15,28H,7-8,12-13H2,1-6H3,(H,31,35,36)/t15-/m1/s1. The van der Waals surface area contributed by atoms with E-state index in [4.69, 9.17) is 21.1 Å². The normalized spacial score (nSPS) is 16.3. The minimum Gasteiger partial charge on any atom is -0.491 e. The summed E-state index contributed by atoms with van der Waals surface area (Å²) in [7, 11) is 0. The lowest BCUT2D eigenvalue weighted by molar-refractivity contribution is 0.0178. The molecule has 1 atom stereocenters. The molecule has 0 spiro atoms. The Balaban J connectivity index is 1.73. The van der Waals surface area contributed by atoms with Crippen molar-refractivity contribution in [2.24, 2.45) is 0 Å². The number of nitriles is 1. The van der Waals surface area contributed by atoms with Crippen LogP contribution in [0.1, 0.15) is 47.1 Å². The molecule has 14 heteroatoms. The predicted molar refractivity (Wildman–Crippen MR) is 144 cm³/mol. The van der Waals surface area contributed by atoms with Crippen molar-refractivity contribution < 1.29 is 14.3 Å². The molecule has 3 aromatic heterocycles. The van der Waals surface area contributed by atoms with E-state index < -0.39 is 28.5 Å². The van der Waals surface area contributed by atoms with Crippen LogP contribution in [0.4, 0.5) is 4.79 Å². The van der Waals surface area contributed by atoms with Gasteiger partial charge in [-0.15, -0.1) is 0 Å². The van der Waals surface area contributed by atoms with Crippen LogP contribution < -0.4 is 21.3 Å². The molecule has 0 aromatic carbocycles. The zero-order valence-corrected chi connectivity index (χ0v) is 23.4. The number of piperazine rings is 1. The average molecular weight is 559 g/mol. The highest BCUT2D eigenvalue weighted by Crippen LogP contribution is 2.28.